The lowest BCUT2D eigenvalue weighted by molar-refractivity contribution is 0.875. The molecule has 1 saturated heterocycles. The monoisotopic (exact) mass is 354 g/mol. The molecular weight excluding hydrogens is 340 g/mol. The quantitative estimate of drug-likeness (QED) is 0.563. The zero-order chi connectivity index (χ0) is 15.9. The van der Waals surface area contributed by atoms with Crippen LogP contribution in [0.15, 0.2) is 34.6 Å². The molecule has 1 aliphatic heterocycles. The predicted molar refractivity (Wildman–Crippen MR) is 96.7 cm³/mol. The highest BCUT2D eigenvalue weighted by Gasteiger charge is 2.21. The second-order valence-corrected chi connectivity index (χ2v) is 7.36. The van der Waals surface area contributed by atoms with E-state index in [1.54, 1.807) is 22.7 Å². The van der Waals surface area contributed by atoms with E-state index in [4.69, 9.17) is 5.10 Å². The van der Waals surface area contributed by atoms with E-state index in [0.717, 1.165) is 40.9 Å². The third kappa shape index (κ3) is 2.22. The van der Waals surface area contributed by atoms with Crippen LogP contribution in [-0.4, -0.2) is 37.7 Å². The first-order valence-electron chi connectivity index (χ1n) is 7.83. The van der Waals surface area contributed by atoms with Gasteiger partial charge in [0.15, 0.2) is 0 Å². The molecule has 0 atom stereocenters. The summed E-state index contributed by atoms with van der Waals surface area (Å²) in [5.41, 5.74) is 3.14. The minimum Gasteiger partial charge on any atom is -0.339 e. The van der Waals surface area contributed by atoms with Gasteiger partial charge in [-0.1, -0.05) is 0 Å². The number of hydrogen-bond donors (Lipinski definition) is 0. The lowest BCUT2D eigenvalue weighted by Crippen LogP contribution is -2.19. The van der Waals surface area contributed by atoms with Crippen LogP contribution in [0.2, 0.25) is 0 Å². The minimum absolute atomic E-state index is 0.626. The van der Waals surface area contributed by atoms with Gasteiger partial charge in [-0.2, -0.15) is 20.8 Å². The molecule has 4 aromatic heterocycles. The number of aromatic nitrogens is 5. The highest BCUT2D eigenvalue weighted by molar-refractivity contribution is 7.13. The maximum absolute atomic E-state index is 4.76. The molecule has 1 fully saturated rings. The van der Waals surface area contributed by atoms with E-state index < -0.39 is 0 Å². The molecule has 0 unspecified atom stereocenters. The normalized spacial score (nSPS) is 14.8. The second kappa shape index (κ2) is 5.64. The van der Waals surface area contributed by atoms with E-state index in [0.29, 0.717) is 5.78 Å². The molecule has 0 aliphatic carbocycles. The molecule has 24 heavy (non-hydrogen) atoms. The molecule has 0 spiro atoms. The Balaban J connectivity index is 1.76. The minimum atomic E-state index is 0.626. The standard InChI is InChI=1S/C16H14N6S2/c1-2-6-21(5-1)16-19-15-18-9-12(11-3-7-23-10-11)13(22(15)20-16)14-17-4-8-24-14/h3-4,7-10H,1-2,5-6H2. The van der Waals surface area contributed by atoms with Crippen molar-refractivity contribution < 1.29 is 0 Å². The summed E-state index contributed by atoms with van der Waals surface area (Å²) in [6, 6.07) is 2.10. The van der Waals surface area contributed by atoms with Crippen molar-refractivity contribution in [1.82, 2.24) is 24.6 Å². The van der Waals surface area contributed by atoms with Crippen LogP contribution in [0.25, 0.3) is 27.6 Å². The van der Waals surface area contributed by atoms with Crippen molar-refractivity contribution in [1.29, 1.82) is 0 Å². The number of hydrogen-bond acceptors (Lipinski definition) is 7. The van der Waals surface area contributed by atoms with Gasteiger partial charge in [0.05, 0.1) is 0 Å². The summed E-state index contributed by atoms with van der Waals surface area (Å²) in [6.07, 6.45) is 6.10. The Morgan fingerprint density at radius 1 is 1.08 bits per heavy atom. The largest absolute Gasteiger partial charge is 0.339 e. The molecule has 0 saturated carbocycles. The highest BCUT2D eigenvalue weighted by atomic mass is 32.1. The smallest absolute Gasteiger partial charge is 0.254 e. The fourth-order valence-electron chi connectivity index (χ4n) is 3.05. The first-order chi connectivity index (χ1) is 11.9. The SMILES string of the molecule is c1csc(-c2c(-c3ccsc3)cnc3nc(N4CCCC4)nn23)n1. The topological polar surface area (TPSA) is 59.2 Å². The Morgan fingerprint density at radius 3 is 2.75 bits per heavy atom. The van der Waals surface area contributed by atoms with Crippen LogP contribution in [0, 0.1) is 0 Å². The number of thiazole rings is 1. The summed E-state index contributed by atoms with van der Waals surface area (Å²) in [4.78, 5) is 15.9. The van der Waals surface area contributed by atoms with Crippen LogP contribution in [0.5, 0.6) is 0 Å². The Kier molecular flexibility index (Phi) is 3.30. The summed E-state index contributed by atoms with van der Waals surface area (Å²) < 4.78 is 1.85. The van der Waals surface area contributed by atoms with Gasteiger partial charge >= 0.3 is 0 Å². The molecule has 6 nitrogen and oxygen atoms in total. The van der Waals surface area contributed by atoms with Crippen LogP contribution in [0.1, 0.15) is 12.8 Å². The van der Waals surface area contributed by atoms with Crippen LogP contribution >= 0.6 is 22.7 Å². The Morgan fingerprint density at radius 2 is 2.00 bits per heavy atom. The van der Waals surface area contributed by atoms with Crippen molar-refractivity contribution in [3.63, 3.8) is 0 Å². The number of nitrogens with zero attached hydrogens (tertiary/aromatic N) is 6. The van der Waals surface area contributed by atoms with Crippen LogP contribution < -0.4 is 4.90 Å². The number of anilines is 1. The molecule has 120 valence electrons. The fraction of sp³-hybridized carbons (Fsp3) is 0.250. The number of fused-ring (bicyclic) bond motifs is 1. The first kappa shape index (κ1) is 14.1. The lowest BCUT2D eigenvalue weighted by atomic mass is 10.1. The third-order valence-corrected chi connectivity index (χ3v) is 5.67. The molecule has 5 heterocycles. The Hall–Kier alpha value is -2.32. The van der Waals surface area contributed by atoms with E-state index in [1.165, 1.54) is 12.8 Å². The molecule has 8 heteroatoms. The Bertz CT molecular complexity index is 968. The molecule has 4 aromatic rings. The molecular formula is C16H14N6S2. The molecule has 0 radical (unpaired) electrons. The second-order valence-electron chi connectivity index (χ2n) is 5.69. The summed E-state index contributed by atoms with van der Waals surface area (Å²) >= 11 is 3.28. The van der Waals surface area contributed by atoms with Crippen molar-refractivity contribution >= 4 is 34.4 Å². The summed E-state index contributed by atoms with van der Waals surface area (Å²) in [5, 5.41) is 11.9. The van der Waals surface area contributed by atoms with Gasteiger partial charge in [0.1, 0.15) is 10.7 Å². The van der Waals surface area contributed by atoms with Gasteiger partial charge in [-0.05, 0) is 35.2 Å². The molecule has 0 N–H and O–H groups in total. The predicted octanol–water partition coefficient (Wildman–Crippen LogP) is 3.58. The van der Waals surface area contributed by atoms with Crippen LogP contribution in [0.3, 0.4) is 0 Å². The summed E-state index contributed by atoms with van der Waals surface area (Å²) in [5.74, 6) is 1.39. The first-order valence-corrected chi connectivity index (χ1v) is 9.65. The van der Waals surface area contributed by atoms with Crippen molar-refractivity contribution in [3.8, 4) is 21.8 Å². The molecule has 0 amide bonds. The van der Waals surface area contributed by atoms with Crippen LogP contribution in [0.4, 0.5) is 5.95 Å². The maximum atomic E-state index is 4.76. The average Bonchev–Trinajstić information content (AvgIpc) is 3.42. The summed E-state index contributed by atoms with van der Waals surface area (Å²) in [7, 11) is 0. The van der Waals surface area contributed by atoms with E-state index in [2.05, 4.69) is 36.7 Å². The van der Waals surface area contributed by atoms with E-state index >= 15 is 0 Å². The van der Waals surface area contributed by atoms with Gasteiger partial charge in [0.25, 0.3) is 5.78 Å². The lowest BCUT2D eigenvalue weighted by Gasteiger charge is -2.10. The van der Waals surface area contributed by atoms with Gasteiger partial charge in [-0.3, -0.25) is 0 Å². The van der Waals surface area contributed by atoms with E-state index in [9.17, 15) is 0 Å². The zero-order valence-corrected chi connectivity index (χ0v) is 14.4. The molecule has 1 aliphatic rings. The molecule has 5 rings (SSSR count). The highest BCUT2D eigenvalue weighted by Crippen LogP contribution is 2.34. The number of thiophene rings is 1. The summed E-state index contributed by atoms with van der Waals surface area (Å²) in [6.45, 7) is 2.03. The van der Waals surface area contributed by atoms with Gasteiger partial charge in [0, 0.05) is 36.4 Å². The van der Waals surface area contributed by atoms with Gasteiger partial charge < -0.3 is 4.90 Å². The number of rotatable bonds is 3. The Labute approximate surface area is 146 Å². The zero-order valence-electron chi connectivity index (χ0n) is 12.8. The average molecular weight is 354 g/mol. The van der Waals surface area contributed by atoms with Crippen molar-refractivity contribution in [3.05, 3.63) is 34.6 Å². The third-order valence-electron chi connectivity index (χ3n) is 4.21. The van der Waals surface area contributed by atoms with Gasteiger partial charge in [-0.15, -0.1) is 16.4 Å². The maximum Gasteiger partial charge on any atom is 0.254 e. The molecule has 0 bridgehead atoms. The fourth-order valence-corrected chi connectivity index (χ4v) is 4.39. The van der Waals surface area contributed by atoms with E-state index in [1.807, 2.05) is 22.3 Å². The van der Waals surface area contributed by atoms with Crippen molar-refractivity contribution in [2.45, 2.75) is 12.8 Å². The van der Waals surface area contributed by atoms with Crippen molar-refractivity contribution in [2.75, 3.05) is 18.0 Å². The van der Waals surface area contributed by atoms with Gasteiger partial charge in [0.2, 0.25) is 5.95 Å². The van der Waals surface area contributed by atoms with Crippen molar-refractivity contribution in [2.24, 2.45) is 0 Å². The van der Waals surface area contributed by atoms with E-state index in [-0.39, 0.29) is 0 Å². The van der Waals surface area contributed by atoms with Crippen LogP contribution in [-0.2, 0) is 0 Å². The van der Waals surface area contributed by atoms with Gasteiger partial charge in [-0.25, -0.2) is 9.97 Å². The molecule has 0 aromatic carbocycles.